The Balaban J connectivity index is 1.73. The maximum absolute atomic E-state index is 12.5. The largest absolute Gasteiger partial charge is 0.368 e. The summed E-state index contributed by atoms with van der Waals surface area (Å²) in [6.07, 6.45) is 6.13. The smallest absolute Gasteiger partial charge is 0.251 e. The highest BCUT2D eigenvalue weighted by Gasteiger charge is 2.28. The van der Waals surface area contributed by atoms with Crippen LogP contribution in [0, 0.1) is 5.92 Å². The number of nitrogens with zero attached hydrogens (tertiary/aromatic N) is 1. The van der Waals surface area contributed by atoms with E-state index in [0.29, 0.717) is 25.6 Å². The van der Waals surface area contributed by atoms with Crippen molar-refractivity contribution in [2.24, 2.45) is 5.92 Å². The number of hydrogen-bond acceptors (Lipinski definition) is 4. The van der Waals surface area contributed by atoms with Crippen LogP contribution in [0.2, 0.25) is 0 Å². The molecule has 6 nitrogen and oxygen atoms in total. The van der Waals surface area contributed by atoms with Crippen molar-refractivity contribution in [1.82, 2.24) is 15.5 Å². The first-order valence-electron chi connectivity index (χ1n) is 9.14. The molecule has 2 amide bonds. The van der Waals surface area contributed by atoms with Crippen molar-refractivity contribution in [1.29, 1.82) is 0 Å². The third-order valence-corrected chi connectivity index (χ3v) is 4.81. The van der Waals surface area contributed by atoms with Gasteiger partial charge in [-0.3, -0.25) is 9.59 Å². The van der Waals surface area contributed by atoms with Crippen LogP contribution in [0.25, 0.3) is 0 Å². The third kappa shape index (κ3) is 5.60. The van der Waals surface area contributed by atoms with Gasteiger partial charge in [-0.25, -0.2) is 0 Å². The van der Waals surface area contributed by atoms with Crippen LogP contribution in [-0.4, -0.2) is 61.6 Å². The second-order valence-corrected chi connectivity index (χ2v) is 6.78. The molecule has 0 aromatic carbocycles. The van der Waals surface area contributed by atoms with E-state index in [2.05, 4.69) is 17.2 Å². The highest BCUT2D eigenvalue weighted by molar-refractivity contribution is 5.82. The number of carbonyl (C=O) groups is 2. The minimum atomic E-state index is -0.416. The molecule has 0 bridgehead atoms. The number of amides is 2. The molecule has 0 aromatic heterocycles. The van der Waals surface area contributed by atoms with Gasteiger partial charge in [0.2, 0.25) is 5.91 Å². The fourth-order valence-corrected chi connectivity index (χ4v) is 3.36. The molecule has 2 heterocycles. The van der Waals surface area contributed by atoms with Gasteiger partial charge in [-0.2, -0.15) is 0 Å². The molecule has 2 saturated heterocycles. The summed E-state index contributed by atoms with van der Waals surface area (Å²) in [6.45, 7) is 9.04. The first kappa shape index (κ1) is 18.9. The number of rotatable bonds is 8. The molecule has 2 aliphatic rings. The SMILES string of the molecule is C=CCCOC(C)C(=O)N1CCCC(CNC(=O)C2CCCN2)C1. The van der Waals surface area contributed by atoms with Gasteiger partial charge in [0.15, 0.2) is 0 Å². The summed E-state index contributed by atoms with van der Waals surface area (Å²) in [5.41, 5.74) is 0. The molecule has 24 heavy (non-hydrogen) atoms. The number of piperidine rings is 1. The van der Waals surface area contributed by atoms with Gasteiger partial charge in [-0.1, -0.05) is 6.08 Å². The molecular weight excluding hydrogens is 306 g/mol. The Bertz CT molecular complexity index is 435. The molecule has 3 unspecified atom stereocenters. The lowest BCUT2D eigenvalue weighted by Gasteiger charge is -2.34. The normalized spacial score (nSPS) is 25.3. The van der Waals surface area contributed by atoms with Crippen LogP contribution in [0.15, 0.2) is 12.7 Å². The Morgan fingerprint density at radius 1 is 1.42 bits per heavy atom. The van der Waals surface area contributed by atoms with Crippen LogP contribution < -0.4 is 10.6 Å². The molecule has 3 atom stereocenters. The zero-order chi connectivity index (χ0) is 17.4. The van der Waals surface area contributed by atoms with E-state index in [0.717, 1.165) is 45.2 Å². The van der Waals surface area contributed by atoms with Crippen molar-refractivity contribution in [3.63, 3.8) is 0 Å². The van der Waals surface area contributed by atoms with E-state index in [-0.39, 0.29) is 17.9 Å². The number of ether oxygens (including phenoxy) is 1. The monoisotopic (exact) mass is 337 g/mol. The maximum Gasteiger partial charge on any atom is 0.251 e. The van der Waals surface area contributed by atoms with Gasteiger partial charge in [0.05, 0.1) is 12.6 Å². The van der Waals surface area contributed by atoms with Crippen molar-refractivity contribution < 1.29 is 14.3 Å². The average molecular weight is 337 g/mol. The molecule has 2 fully saturated rings. The number of nitrogens with one attached hydrogen (secondary N) is 2. The molecule has 2 aliphatic heterocycles. The van der Waals surface area contributed by atoms with E-state index < -0.39 is 6.10 Å². The van der Waals surface area contributed by atoms with Gasteiger partial charge < -0.3 is 20.3 Å². The summed E-state index contributed by atoms with van der Waals surface area (Å²) in [5, 5.41) is 6.25. The molecule has 136 valence electrons. The van der Waals surface area contributed by atoms with E-state index in [4.69, 9.17) is 4.74 Å². The Morgan fingerprint density at radius 3 is 2.96 bits per heavy atom. The molecular formula is C18H31N3O3. The molecule has 2 N–H and O–H groups in total. The quantitative estimate of drug-likeness (QED) is 0.513. The van der Waals surface area contributed by atoms with Gasteiger partial charge >= 0.3 is 0 Å². The second-order valence-electron chi connectivity index (χ2n) is 6.78. The van der Waals surface area contributed by atoms with Crippen LogP contribution in [0.1, 0.15) is 39.0 Å². The molecule has 0 saturated carbocycles. The van der Waals surface area contributed by atoms with Gasteiger partial charge in [-0.15, -0.1) is 6.58 Å². The zero-order valence-corrected chi connectivity index (χ0v) is 14.8. The van der Waals surface area contributed by atoms with E-state index in [1.807, 2.05) is 11.8 Å². The van der Waals surface area contributed by atoms with Crippen LogP contribution in [0.3, 0.4) is 0 Å². The summed E-state index contributed by atoms with van der Waals surface area (Å²) >= 11 is 0. The van der Waals surface area contributed by atoms with Gasteiger partial charge in [0.1, 0.15) is 6.10 Å². The minimum absolute atomic E-state index is 0.0374. The Labute approximate surface area is 145 Å². The van der Waals surface area contributed by atoms with Crippen molar-refractivity contribution in [3.8, 4) is 0 Å². The number of carbonyl (C=O) groups excluding carboxylic acids is 2. The molecule has 6 heteroatoms. The number of hydrogen-bond donors (Lipinski definition) is 2. The summed E-state index contributed by atoms with van der Waals surface area (Å²) in [6, 6.07) is -0.0374. The minimum Gasteiger partial charge on any atom is -0.368 e. The standard InChI is InChI=1S/C18H31N3O3/c1-3-4-11-24-14(2)18(23)21-10-6-7-15(13-21)12-20-17(22)16-8-5-9-19-16/h3,14-16,19H,1,4-13H2,2H3,(H,20,22). The lowest BCUT2D eigenvalue weighted by Crippen LogP contribution is -2.48. The first-order chi connectivity index (χ1) is 11.6. The first-order valence-corrected chi connectivity index (χ1v) is 9.14. The second kappa shape index (κ2) is 9.79. The maximum atomic E-state index is 12.5. The van der Waals surface area contributed by atoms with E-state index in [1.165, 1.54) is 0 Å². The highest BCUT2D eigenvalue weighted by atomic mass is 16.5. The molecule has 2 rings (SSSR count). The Morgan fingerprint density at radius 2 is 2.25 bits per heavy atom. The highest BCUT2D eigenvalue weighted by Crippen LogP contribution is 2.17. The van der Waals surface area contributed by atoms with Crippen LogP contribution in [-0.2, 0) is 14.3 Å². The Hall–Kier alpha value is -1.40. The summed E-state index contributed by atoms with van der Waals surface area (Å²) < 4.78 is 5.56. The van der Waals surface area contributed by atoms with Gasteiger partial charge in [0, 0.05) is 19.6 Å². The predicted octanol–water partition coefficient (Wildman–Crippen LogP) is 1.07. The van der Waals surface area contributed by atoms with Gasteiger partial charge in [-0.05, 0) is 51.5 Å². The van der Waals surface area contributed by atoms with E-state index in [1.54, 1.807) is 6.08 Å². The van der Waals surface area contributed by atoms with E-state index >= 15 is 0 Å². The van der Waals surface area contributed by atoms with Crippen LogP contribution >= 0.6 is 0 Å². The lowest BCUT2D eigenvalue weighted by molar-refractivity contribution is -0.144. The molecule has 0 aliphatic carbocycles. The Kier molecular flexibility index (Phi) is 7.72. The topological polar surface area (TPSA) is 70.7 Å². The average Bonchev–Trinajstić information content (AvgIpc) is 3.14. The van der Waals surface area contributed by atoms with Crippen molar-refractivity contribution in [2.45, 2.75) is 51.2 Å². The van der Waals surface area contributed by atoms with E-state index in [9.17, 15) is 9.59 Å². The molecule has 0 spiro atoms. The van der Waals surface area contributed by atoms with Crippen LogP contribution in [0.4, 0.5) is 0 Å². The van der Waals surface area contributed by atoms with Crippen LogP contribution in [0.5, 0.6) is 0 Å². The summed E-state index contributed by atoms with van der Waals surface area (Å²) in [7, 11) is 0. The summed E-state index contributed by atoms with van der Waals surface area (Å²) in [4.78, 5) is 26.4. The molecule has 0 aromatic rings. The third-order valence-electron chi connectivity index (χ3n) is 4.81. The van der Waals surface area contributed by atoms with Gasteiger partial charge in [0.25, 0.3) is 5.91 Å². The number of likely N-dealkylation sites (tertiary alicyclic amines) is 1. The summed E-state index contributed by atoms with van der Waals surface area (Å²) in [5.74, 6) is 0.470. The fraction of sp³-hybridized carbons (Fsp3) is 0.778. The zero-order valence-electron chi connectivity index (χ0n) is 14.8. The van der Waals surface area contributed by atoms with Crippen molar-refractivity contribution >= 4 is 11.8 Å². The lowest BCUT2D eigenvalue weighted by atomic mass is 9.97. The van der Waals surface area contributed by atoms with Crippen molar-refractivity contribution in [2.75, 3.05) is 32.8 Å². The van der Waals surface area contributed by atoms with Crippen molar-refractivity contribution in [3.05, 3.63) is 12.7 Å². The fourth-order valence-electron chi connectivity index (χ4n) is 3.36. The molecule has 0 radical (unpaired) electrons. The predicted molar refractivity (Wildman–Crippen MR) is 93.6 cm³/mol.